The first-order valence-electron chi connectivity index (χ1n) is 9.95. The lowest BCUT2D eigenvalue weighted by atomic mass is 10.0. The predicted octanol–water partition coefficient (Wildman–Crippen LogP) is 5.53. The molecule has 0 bridgehead atoms. The van der Waals surface area contributed by atoms with Gasteiger partial charge in [0.1, 0.15) is 5.75 Å². The molecule has 0 aromatic heterocycles. The van der Waals surface area contributed by atoms with Crippen molar-refractivity contribution in [2.45, 2.75) is 65.7 Å². The van der Waals surface area contributed by atoms with Gasteiger partial charge in [0.2, 0.25) is 0 Å². The number of benzene rings is 1. The first-order chi connectivity index (χ1) is 13.8. The fourth-order valence-corrected chi connectivity index (χ4v) is 3.49. The van der Waals surface area contributed by atoms with Crippen LogP contribution in [0.2, 0.25) is 0 Å². The molecular weight excluding hydrogens is 393 g/mol. The van der Waals surface area contributed by atoms with E-state index in [2.05, 4.69) is 6.92 Å². The smallest absolute Gasteiger partial charge is 0.493 e. The Morgan fingerprint density at radius 2 is 1.79 bits per heavy atom. The highest BCUT2D eigenvalue weighted by Gasteiger charge is 2.28. The minimum absolute atomic E-state index is 0.154. The summed E-state index contributed by atoms with van der Waals surface area (Å²) in [6.07, 6.45) is 9.49. The summed E-state index contributed by atoms with van der Waals surface area (Å²) in [6, 6.07) is 3.73. The van der Waals surface area contributed by atoms with Gasteiger partial charge in [-0.3, -0.25) is 9.79 Å². The largest absolute Gasteiger partial charge is 0.524 e. The number of phosphoric acid groups is 1. The van der Waals surface area contributed by atoms with Crippen molar-refractivity contribution in [1.82, 2.24) is 0 Å². The number of unbranched alkanes of at least 4 members (excludes halogenated alkanes) is 6. The van der Waals surface area contributed by atoms with E-state index in [-0.39, 0.29) is 22.6 Å². The summed E-state index contributed by atoms with van der Waals surface area (Å²) >= 11 is 0. The molecule has 0 atom stereocenters. The first-order valence-corrected chi connectivity index (χ1v) is 11.5. The molecule has 1 aromatic rings. The van der Waals surface area contributed by atoms with Crippen molar-refractivity contribution >= 4 is 13.4 Å². The van der Waals surface area contributed by atoms with Crippen LogP contribution in [0.1, 0.15) is 69.9 Å². The van der Waals surface area contributed by atoms with Gasteiger partial charge in [0, 0.05) is 0 Å². The number of aryl methyl sites for hydroxylation is 1. The maximum absolute atomic E-state index is 11.5. The second kappa shape index (κ2) is 12.5. The van der Waals surface area contributed by atoms with E-state index in [1.54, 1.807) is 19.9 Å². The third-order valence-corrected chi connectivity index (χ3v) is 4.90. The normalized spacial score (nSPS) is 11.8. The summed E-state index contributed by atoms with van der Waals surface area (Å²) in [4.78, 5) is 18.7. The van der Waals surface area contributed by atoms with Crippen molar-refractivity contribution in [1.29, 1.82) is 5.26 Å². The van der Waals surface area contributed by atoms with E-state index in [0.717, 1.165) is 19.3 Å². The van der Waals surface area contributed by atoms with E-state index < -0.39 is 7.82 Å². The van der Waals surface area contributed by atoms with Crippen LogP contribution in [0.4, 0.5) is 0 Å². The highest BCUT2D eigenvalue weighted by Crippen LogP contribution is 2.50. The zero-order chi connectivity index (χ0) is 21.9. The molecule has 1 rings (SSSR count). The first kappa shape index (κ1) is 25.0. The minimum Gasteiger partial charge on any atom is -0.493 e. The molecule has 1 aromatic carbocycles. The zero-order valence-corrected chi connectivity index (χ0v) is 18.6. The van der Waals surface area contributed by atoms with Gasteiger partial charge in [0.05, 0.1) is 30.9 Å². The number of nitrogens with zero attached hydrogens (tertiary/aromatic N) is 1. The maximum atomic E-state index is 11.5. The molecule has 0 saturated heterocycles. The molecule has 29 heavy (non-hydrogen) atoms. The van der Waals surface area contributed by atoms with Gasteiger partial charge in [-0.15, -0.1) is 0 Å². The van der Waals surface area contributed by atoms with Crippen molar-refractivity contribution in [3.63, 3.8) is 0 Å². The number of allylic oxidation sites excluding steroid dienone is 2. The second-order valence-corrected chi connectivity index (χ2v) is 7.96. The quantitative estimate of drug-likeness (QED) is 0.243. The van der Waals surface area contributed by atoms with E-state index in [4.69, 9.17) is 14.0 Å². The van der Waals surface area contributed by atoms with Gasteiger partial charge < -0.3 is 14.0 Å². The maximum Gasteiger partial charge on any atom is 0.524 e. The molecule has 0 amide bonds. The summed E-state index contributed by atoms with van der Waals surface area (Å²) in [5.41, 5.74) is 0.952. The lowest BCUT2D eigenvalue weighted by molar-refractivity contribution is 0.272. The number of phosphoric ester groups is 1. The molecule has 0 unspecified atom stereocenters. The molecule has 0 fully saturated rings. The number of ether oxygens (including phenoxy) is 2. The Morgan fingerprint density at radius 1 is 1.17 bits per heavy atom. The average Bonchev–Trinajstić information content (AvgIpc) is 2.65. The Balaban J connectivity index is 3.10. The molecule has 8 heteroatoms. The van der Waals surface area contributed by atoms with Gasteiger partial charge >= 0.3 is 7.82 Å². The molecular formula is C21H32NO6P. The molecule has 0 saturated carbocycles. The Bertz CT molecular complexity index is 778. The van der Waals surface area contributed by atoms with Crippen molar-refractivity contribution in [3.8, 4) is 23.3 Å². The molecule has 7 nitrogen and oxygen atoms in total. The Labute approximate surface area is 173 Å². The highest BCUT2D eigenvalue weighted by atomic mass is 31.2. The summed E-state index contributed by atoms with van der Waals surface area (Å²) in [7, 11) is -3.50. The van der Waals surface area contributed by atoms with E-state index in [1.165, 1.54) is 38.9 Å². The number of hydrogen-bond donors (Lipinski definition) is 2. The fourth-order valence-electron chi connectivity index (χ4n) is 3.07. The van der Waals surface area contributed by atoms with E-state index in [1.807, 2.05) is 6.07 Å². The SMILES string of the molecule is C/C=C(\C#N)c1c(OCCCCCCCCC)cc(C)c(OC)c1OP(=O)(O)O. The monoisotopic (exact) mass is 425 g/mol. The van der Waals surface area contributed by atoms with Crippen molar-refractivity contribution in [2.75, 3.05) is 13.7 Å². The van der Waals surface area contributed by atoms with E-state index in [0.29, 0.717) is 17.9 Å². The fraction of sp³-hybridized carbons (Fsp3) is 0.571. The van der Waals surface area contributed by atoms with Gasteiger partial charge in [0.15, 0.2) is 11.5 Å². The summed E-state index contributed by atoms with van der Waals surface area (Å²) in [6.45, 7) is 6.00. The van der Waals surface area contributed by atoms with Crippen LogP contribution in [-0.4, -0.2) is 23.5 Å². The van der Waals surface area contributed by atoms with Crippen molar-refractivity contribution in [2.24, 2.45) is 0 Å². The van der Waals surface area contributed by atoms with Crippen LogP contribution in [0.5, 0.6) is 17.2 Å². The van der Waals surface area contributed by atoms with E-state index >= 15 is 0 Å². The van der Waals surface area contributed by atoms with Crippen LogP contribution in [0.15, 0.2) is 12.1 Å². The zero-order valence-electron chi connectivity index (χ0n) is 17.7. The van der Waals surface area contributed by atoms with E-state index in [9.17, 15) is 19.6 Å². The number of rotatable bonds is 13. The lowest BCUT2D eigenvalue weighted by Crippen LogP contribution is -2.05. The summed E-state index contributed by atoms with van der Waals surface area (Å²) in [5.74, 6) is 0.304. The topological polar surface area (TPSA) is 109 Å². The van der Waals surface area contributed by atoms with Crippen molar-refractivity contribution < 1.29 is 28.3 Å². The molecule has 0 heterocycles. The van der Waals surface area contributed by atoms with Crippen LogP contribution in [0.3, 0.4) is 0 Å². The molecule has 0 spiro atoms. The molecule has 0 aliphatic carbocycles. The standard InChI is InChI=1S/C21H32NO6P/c1-5-7-8-9-10-11-12-13-27-18-14-16(3)20(26-4)21(28-29(23,24)25)19(18)17(6-2)15-22/h6,14H,5,7-13H2,1-4H3,(H2,23,24,25)/b17-6+. The van der Waals surface area contributed by atoms with Crippen LogP contribution < -0.4 is 14.0 Å². The highest BCUT2D eigenvalue weighted by molar-refractivity contribution is 7.46. The number of hydrogen-bond acceptors (Lipinski definition) is 5. The molecule has 0 aliphatic rings. The molecule has 0 radical (unpaired) electrons. The van der Waals surface area contributed by atoms with Gasteiger partial charge in [-0.05, 0) is 31.9 Å². The average molecular weight is 425 g/mol. The summed E-state index contributed by atoms with van der Waals surface area (Å²) < 4.78 is 27.6. The van der Waals surface area contributed by atoms with Crippen LogP contribution in [-0.2, 0) is 4.57 Å². The molecule has 2 N–H and O–H groups in total. The number of nitriles is 1. The molecule has 0 aliphatic heterocycles. The molecule has 162 valence electrons. The lowest BCUT2D eigenvalue weighted by Gasteiger charge is -2.20. The van der Waals surface area contributed by atoms with Gasteiger partial charge in [0.25, 0.3) is 0 Å². The summed E-state index contributed by atoms with van der Waals surface area (Å²) in [5, 5.41) is 9.51. The van der Waals surface area contributed by atoms with Crippen molar-refractivity contribution in [3.05, 3.63) is 23.3 Å². The minimum atomic E-state index is -4.88. The third-order valence-electron chi connectivity index (χ3n) is 4.48. The van der Waals surface area contributed by atoms with Gasteiger partial charge in [-0.25, -0.2) is 4.57 Å². The Kier molecular flexibility index (Phi) is 10.8. The Morgan fingerprint density at radius 3 is 2.31 bits per heavy atom. The van der Waals surface area contributed by atoms with Crippen LogP contribution in [0, 0.1) is 18.3 Å². The van der Waals surface area contributed by atoms with Gasteiger partial charge in [-0.1, -0.05) is 51.5 Å². The van der Waals surface area contributed by atoms with Gasteiger partial charge in [-0.2, -0.15) is 5.26 Å². The second-order valence-electron chi connectivity index (χ2n) is 6.79. The van der Waals surface area contributed by atoms with Crippen LogP contribution in [0.25, 0.3) is 5.57 Å². The predicted molar refractivity (Wildman–Crippen MR) is 113 cm³/mol. The van der Waals surface area contributed by atoms with Crippen LogP contribution >= 0.6 is 7.82 Å². The number of methoxy groups -OCH3 is 1. The Hall–Kier alpha value is -2.00. The third kappa shape index (κ3) is 8.10.